The fourth-order valence-electron chi connectivity index (χ4n) is 1.31. The maximum atomic E-state index is 6.09. The van der Waals surface area contributed by atoms with E-state index in [4.69, 9.17) is 28.9 Å². The second-order valence-electron chi connectivity index (χ2n) is 3.27. The van der Waals surface area contributed by atoms with Gasteiger partial charge in [0.1, 0.15) is 10.8 Å². The summed E-state index contributed by atoms with van der Waals surface area (Å²) in [7, 11) is 0. The lowest BCUT2D eigenvalue weighted by atomic mass is 10.2. The van der Waals surface area contributed by atoms with Crippen LogP contribution in [-0.4, -0.2) is 9.78 Å². The SMILES string of the molecule is Nc1c(Cl)cnn1Cc1ccc(Br)cc1Cl. The van der Waals surface area contributed by atoms with E-state index in [9.17, 15) is 0 Å². The lowest BCUT2D eigenvalue weighted by Gasteiger charge is -2.06. The van der Waals surface area contributed by atoms with E-state index >= 15 is 0 Å². The van der Waals surface area contributed by atoms with Gasteiger partial charge in [-0.1, -0.05) is 45.2 Å². The molecule has 1 aromatic carbocycles. The third-order valence-corrected chi connectivity index (χ3v) is 3.30. The Kier molecular flexibility index (Phi) is 3.42. The summed E-state index contributed by atoms with van der Waals surface area (Å²) in [6.45, 7) is 0.505. The van der Waals surface area contributed by atoms with Crippen LogP contribution in [0.25, 0.3) is 0 Å². The lowest BCUT2D eigenvalue weighted by molar-refractivity contribution is 0.697. The topological polar surface area (TPSA) is 43.8 Å². The molecule has 0 aliphatic rings. The van der Waals surface area contributed by atoms with Crippen LogP contribution in [-0.2, 0) is 6.54 Å². The van der Waals surface area contributed by atoms with E-state index in [2.05, 4.69) is 21.0 Å². The summed E-state index contributed by atoms with van der Waals surface area (Å²) in [5, 5.41) is 5.18. The van der Waals surface area contributed by atoms with E-state index in [0.717, 1.165) is 10.0 Å². The van der Waals surface area contributed by atoms with Gasteiger partial charge in [0.2, 0.25) is 0 Å². The molecule has 2 rings (SSSR count). The van der Waals surface area contributed by atoms with E-state index in [1.807, 2.05) is 18.2 Å². The van der Waals surface area contributed by atoms with E-state index in [1.165, 1.54) is 6.20 Å². The molecule has 1 aromatic heterocycles. The van der Waals surface area contributed by atoms with Crippen LogP contribution in [0.3, 0.4) is 0 Å². The number of benzene rings is 1. The highest BCUT2D eigenvalue weighted by molar-refractivity contribution is 9.10. The normalized spacial score (nSPS) is 10.7. The van der Waals surface area contributed by atoms with Gasteiger partial charge < -0.3 is 5.73 Å². The van der Waals surface area contributed by atoms with Crippen LogP contribution in [0.5, 0.6) is 0 Å². The molecule has 16 heavy (non-hydrogen) atoms. The van der Waals surface area contributed by atoms with Crippen LogP contribution in [0.2, 0.25) is 10.0 Å². The molecule has 6 heteroatoms. The Balaban J connectivity index is 2.30. The standard InChI is InChI=1S/C10H8BrCl2N3/c11-7-2-1-6(8(12)3-7)5-16-10(14)9(13)4-15-16/h1-4H,5,14H2. The molecule has 0 radical (unpaired) electrons. The van der Waals surface area contributed by atoms with Gasteiger partial charge in [-0.3, -0.25) is 0 Å². The summed E-state index contributed by atoms with van der Waals surface area (Å²) in [5.41, 5.74) is 6.69. The van der Waals surface area contributed by atoms with Gasteiger partial charge in [0.25, 0.3) is 0 Å². The fraction of sp³-hybridized carbons (Fsp3) is 0.100. The molecule has 0 saturated carbocycles. The summed E-state index contributed by atoms with van der Waals surface area (Å²) < 4.78 is 2.55. The smallest absolute Gasteiger partial charge is 0.140 e. The van der Waals surface area contributed by atoms with Gasteiger partial charge in [-0.15, -0.1) is 0 Å². The zero-order chi connectivity index (χ0) is 11.7. The van der Waals surface area contributed by atoms with E-state index < -0.39 is 0 Å². The first-order chi connectivity index (χ1) is 7.58. The molecule has 0 aliphatic carbocycles. The van der Waals surface area contributed by atoms with Crippen molar-refractivity contribution in [3.8, 4) is 0 Å². The Bertz CT molecular complexity index is 525. The molecule has 1 heterocycles. The van der Waals surface area contributed by atoms with Gasteiger partial charge in [-0.2, -0.15) is 5.10 Å². The van der Waals surface area contributed by atoms with E-state index in [0.29, 0.717) is 22.4 Å². The second-order valence-corrected chi connectivity index (χ2v) is 5.00. The van der Waals surface area contributed by atoms with Gasteiger partial charge in [-0.05, 0) is 17.7 Å². The van der Waals surface area contributed by atoms with Crippen molar-refractivity contribution in [1.82, 2.24) is 9.78 Å². The van der Waals surface area contributed by atoms with E-state index in [1.54, 1.807) is 4.68 Å². The van der Waals surface area contributed by atoms with Gasteiger partial charge in [0.05, 0.1) is 12.7 Å². The summed E-state index contributed by atoms with van der Waals surface area (Å²) >= 11 is 15.3. The van der Waals surface area contributed by atoms with Crippen molar-refractivity contribution in [2.75, 3.05) is 5.73 Å². The van der Waals surface area contributed by atoms with Crippen molar-refractivity contribution in [3.63, 3.8) is 0 Å². The third kappa shape index (κ3) is 2.34. The first-order valence-corrected chi connectivity index (χ1v) is 6.03. The summed E-state index contributed by atoms with van der Waals surface area (Å²) in [6, 6.07) is 5.67. The van der Waals surface area contributed by atoms with Crippen molar-refractivity contribution in [2.45, 2.75) is 6.54 Å². The van der Waals surface area contributed by atoms with Gasteiger partial charge in [0, 0.05) is 9.50 Å². The van der Waals surface area contributed by atoms with Crippen molar-refractivity contribution < 1.29 is 0 Å². The van der Waals surface area contributed by atoms with Crippen LogP contribution < -0.4 is 5.73 Å². The molecule has 0 saturated heterocycles. The number of nitrogen functional groups attached to an aromatic ring is 1. The first kappa shape index (κ1) is 11.8. The largest absolute Gasteiger partial charge is 0.383 e. The molecule has 0 spiro atoms. The minimum atomic E-state index is 0.445. The molecule has 0 bridgehead atoms. The molecule has 2 N–H and O–H groups in total. The summed E-state index contributed by atoms with van der Waals surface area (Å²) in [6.07, 6.45) is 1.52. The number of hydrogen-bond acceptors (Lipinski definition) is 2. The molecule has 0 unspecified atom stereocenters. The summed E-state index contributed by atoms with van der Waals surface area (Å²) in [5.74, 6) is 0.445. The number of rotatable bonds is 2. The molecule has 0 aliphatic heterocycles. The van der Waals surface area contributed by atoms with Gasteiger partial charge in [0.15, 0.2) is 0 Å². The Hall–Kier alpha value is -0.710. The second kappa shape index (κ2) is 4.65. The minimum absolute atomic E-state index is 0.445. The number of aromatic nitrogens is 2. The molecule has 0 atom stereocenters. The predicted octanol–water partition coefficient (Wildman–Crippen LogP) is 3.58. The number of anilines is 1. The quantitative estimate of drug-likeness (QED) is 0.919. The molecule has 84 valence electrons. The van der Waals surface area contributed by atoms with Crippen LogP contribution in [0.15, 0.2) is 28.9 Å². The van der Waals surface area contributed by atoms with E-state index in [-0.39, 0.29) is 0 Å². The zero-order valence-electron chi connectivity index (χ0n) is 8.12. The van der Waals surface area contributed by atoms with Gasteiger partial charge in [-0.25, -0.2) is 4.68 Å². The van der Waals surface area contributed by atoms with Crippen LogP contribution in [0.1, 0.15) is 5.56 Å². The van der Waals surface area contributed by atoms with Crippen LogP contribution in [0, 0.1) is 0 Å². The fourth-order valence-corrected chi connectivity index (χ4v) is 2.18. The zero-order valence-corrected chi connectivity index (χ0v) is 11.2. The highest BCUT2D eigenvalue weighted by atomic mass is 79.9. The Morgan fingerprint density at radius 3 is 2.62 bits per heavy atom. The van der Waals surface area contributed by atoms with Crippen molar-refractivity contribution in [1.29, 1.82) is 0 Å². The number of nitrogens with zero attached hydrogens (tertiary/aromatic N) is 2. The van der Waals surface area contributed by atoms with Crippen molar-refractivity contribution in [2.24, 2.45) is 0 Å². The average Bonchev–Trinajstić information content (AvgIpc) is 2.54. The number of nitrogens with two attached hydrogens (primary N) is 1. The summed E-state index contributed by atoms with van der Waals surface area (Å²) in [4.78, 5) is 0. The Morgan fingerprint density at radius 2 is 2.06 bits per heavy atom. The third-order valence-electron chi connectivity index (χ3n) is 2.17. The number of hydrogen-bond donors (Lipinski definition) is 1. The molecule has 0 fully saturated rings. The highest BCUT2D eigenvalue weighted by Gasteiger charge is 2.07. The number of halogens is 3. The molecule has 3 nitrogen and oxygen atoms in total. The molecule has 2 aromatic rings. The minimum Gasteiger partial charge on any atom is -0.383 e. The van der Waals surface area contributed by atoms with Crippen LogP contribution in [0.4, 0.5) is 5.82 Å². The maximum absolute atomic E-state index is 6.09. The lowest BCUT2D eigenvalue weighted by Crippen LogP contribution is -2.06. The monoisotopic (exact) mass is 319 g/mol. The van der Waals surface area contributed by atoms with Crippen LogP contribution >= 0.6 is 39.1 Å². The predicted molar refractivity (Wildman–Crippen MR) is 69.9 cm³/mol. The average molecular weight is 321 g/mol. The van der Waals surface area contributed by atoms with Crippen molar-refractivity contribution in [3.05, 3.63) is 44.5 Å². The van der Waals surface area contributed by atoms with Gasteiger partial charge >= 0.3 is 0 Å². The Labute approximate surface area is 111 Å². The molecule has 0 amide bonds. The first-order valence-electron chi connectivity index (χ1n) is 4.48. The maximum Gasteiger partial charge on any atom is 0.140 e. The molecular formula is C10H8BrCl2N3. The van der Waals surface area contributed by atoms with Crippen molar-refractivity contribution >= 4 is 44.9 Å². The highest BCUT2D eigenvalue weighted by Crippen LogP contribution is 2.24. The molecular weight excluding hydrogens is 313 g/mol. The Morgan fingerprint density at radius 1 is 1.31 bits per heavy atom.